The zero-order valence-corrected chi connectivity index (χ0v) is 24.7. The summed E-state index contributed by atoms with van der Waals surface area (Å²) in [5.74, 6) is 6.31. The fraction of sp³-hybridized carbons (Fsp3) is 0.939. The monoisotopic (exact) mass is 488 g/mol. The summed E-state index contributed by atoms with van der Waals surface area (Å²) in [4.78, 5) is 0. The number of aliphatic hydroxyl groups excluding tert-OH is 1. The summed E-state index contributed by atoms with van der Waals surface area (Å²) in [6.45, 7) is 20.8. The average Bonchev–Trinajstić information content (AvgIpc) is 3.18. The maximum absolute atomic E-state index is 10.2. The van der Waals surface area contributed by atoms with Gasteiger partial charge < -0.3 is 9.84 Å². The fourth-order valence-electron chi connectivity index (χ4n) is 9.51. The van der Waals surface area contributed by atoms with Gasteiger partial charge in [0.15, 0.2) is 0 Å². The van der Waals surface area contributed by atoms with Crippen LogP contribution in [0.25, 0.3) is 0 Å². The maximum Gasteiger partial charge on any atom is 0.0577 e. The largest absolute Gasteiger partial charge is 0.393 e. The number of hydrogen-bond acceptors (Lipinski definition) is 2. The molecule has 1 N–H and O–H groups in total. The number of hydrogen-bond donors (Lipinski definition) is 1. The van der Waals surface area contributed by atoms with Crippen LogP contribution in [0.2, 0.25) is 0 Å². The molecule has 0 aliphatic heterocycles. The second-order valence-corrected chi connectivity index (χ2v) is 13.6. The minimum atomic E-state index is -0.0794. The molecule has 0 aromatic rings. The molecule has 2 heteroatoms. The Morgan fingerprint density at radius 1 is 0.943 bits per heavy atom. The van der Waals surface area contributed by atoms with E-state index >= 15 is 0 Å². The Labute approximate surface area is 219 Å². The lowest BCUT2D eigenvalue weighted by Crippen LogP contribution is -2.50. The van der Waals surface area contributed by atoms with Crippen molar-refractivity contribution in [3.63, 3.8) is 0 Å². The van der Waals surface area contributed by atoms with Crippen LogP contribution in [0, 0.1) is 52.3 Å². The molecular formula is C33H60O2. The molecule has 0 radical (unpaired) electrons. The molecule has 9 atom stereocenters. The summed E-state index contributed by atoms with van der Waals surface area (Å²) in [5.41, 5.74) is 2.59. The second kappa shape index (κ2) is 12.5. The Balaban J connectivity index is 0.000000623. The molecule has 3 saturated carbocycles. The van der Waals surface area contributed by atoms with E-state index in [9.17, 15) is 5.11 Å². The summed E-state index contributed by atoms with van der Waals surface area (Å²) in [6, 6.07) is 0. The van der Waals surface area contributed by atoms with E-state index in [2.05, 4.69) is 47.6 Å². The van der Waals surface area contributed by atoms with Gasteiger partial charge in [0.2, 0.25) is 0 Å². The van der Waals surface area contributed by atoms with Gasteiger partial charge in [-0.15, -0.1) is 0 Å². The van der Waals surface area contributed by atoms with Gasteiger partial charge in [-0.25, -0.2) is 0 Å². The first-order valence-electron chi connectivity index (χ1n) is 15.6. The van der Waals surface area contributed by atoms with Gasteiger partial charge in [-0.1, -0.05) is 66.0 Å². The number of ether oxygens (including phenoxy) is 1. The van der Waals surface area contributed by atoms with Crippen LogP contribution >= 0.6 is 0 Å². The Morgan fingerprint density at radius 3 is 2.26 bits per heavy atom. The first kappa shape index (κ1) is 29.2. The Bertz CT molecular complexity index is 681. The van der Waals surface area contributed by atoms with Crippen molar-refractivity contribution in [2.45, 2.75) is 132 Å². The lowest BCUT2D eigenvalue weighted by Gasteiger charge is -2.58. The highest BCUT2D eigenvalue weighted by atomic mass is 16.5. The molecule has 0 bridgehead atoms. The SMILES string of the molecule is CCOCC.CC[C@H](CC[C@@H](C)[C@H]1CC[C@H]2[C@@H]3CC=C4C[C@@H](O)CC[C@]4(C)[C@H]3CC[C@]12C)C(C)C. The predicted octanol–water partition coefficient (Wildman–Crippen LogP) is 9.07. The molecule has 204 valence electrons. The summed E-state index contributed by atoms with van der Waals surface area (Å²) < 4.78 is 4.83. The van der Waals surface area contributed by atoms with Crippen LogP contribution in [-0.4, -0.2) is 24.4 Å². The van der Waals surface area contributed by atoms with Crippen LogP contribution in [0.15, 0.2) is 11.6 Å². The lowest BCUT2D eigenvalue weighted by molar-refractivity contribution is -0.0575. The van der Waals surface area contributed by atoms with Crippen molar-refractivity contribution >= 4 is 0 Å². The minimum absolute atomic E-state index is 0.0794. The summed E-state index contributed by atoms with van der Waals surface area (Å²) >= 11 is 0. The van der Waals surface area contributed by atoms with E-state index in [1.807, 2.05) is 13.8 Å². The van der Waals surface area contributed by atoms with Crippen LogP contribution in [0.5, 0.6) is 0 Å². The zero-order valence-electron chi connectivity index (χ0n) is 24.7. The molecule has 0 amide bonds. The van der Waals surface area contributed by atoms with Crippen LogP contribution in [0.4, 0.5) is 0 Å². The highest BCUT2D eigenvalue weighted by Gasteiger charge is 2.59. The van der Waals surface area contributed by atoms with Crippen molar-refractivity contribution in [1.82, 2.24) is 0 Å². The van der Waals surface area contributed by atoms with E-state index in [4.69, 9.17) is 4.74 Å². The normalized spacial score (nSPS) is 40.1. The van der Waals surface area contributed by atoms with Gasteiger partial charge in [0, 0.05) is 13.2 Å². The van der Waals surface area contributed by atoms with E-state index in [0.717, 1.165) is 67.5 Å². The average molecular weight is 489 g/mol. The lowest BCUT2D eigenvalue weighted by atomic mass is 9.47. The van der Waals surface area contributed by atoms with Crippen molar-refractivity contribution in [2.75, 3.05) is 13.2 Å². The van der Waals surface area contributed by atoms with E-state index in [0.29, 0.717) is 10.8 Å². The molecule has 0 saturated heterocycles. The number of fused-ring (bicyclic) bond motifs is 5. The molecule has 4 aliphatic rings. The van der Waals surface area contributed by atoms with E-state index < -0.39 is 0 Å². The molecule has 4 aliphatic carbocycles. The molecule has 4 rings (SSSR count). The Morgan fingerprint density at radius 2 is 1.66 bits per heavy atom. The van der Waals surface area contributed by atoms with E-state index in [-0.39, 0.29) is 6.10 Å². The van der Waals surface area contributed by atoms with Gasteiger partial charge in [-0.2, -0.15) is 0 Å². The van der Waals surface area contributed by atoms with Gasteiger partial charge in [0.1, 0.15) is 0 Å². The van der Waals surface area contributed by atoms with Crippen molar-refractivity contribution in [1.29, 1.82) is 0 Å². The zero-order chi connectivity index (χ0) is 25.8. The van der Waals surface area contributed by atoms with Gasteiger partial charge in [0.05, 0.1) is 6.10 Å². The molecule has 0 aromatic carbocycles. The third-order valence-corrected chi connectivity index (χ3v) is 11.7. The molecule has 2 nitrogen and oxygen atoms in total. The van der Waals surface area contributed by atoms with Crippen LogP contribution < -0.4 is 0 Å². The summed E-state index contributed by atoms with van der Waals surface area (Å²) in [5, 5.41) is 10.2. The summed E-state index contributed by atoms with van der Waals surface area (Å²) in [6.07, 6.45) is 17.1. The minimum Gasteiger partial charge on any atom is -0.393 e. The van der Waals surface area contributed by atoms with Crippen LogP contribution in [0.1, 0.15) is 126 Å². The third kappa shape index (κ3) is 6.05. The number of aliphatic hydroxyl groups is 1. The van der Waals surface area contributed by atoms with Crippen molar-refractivity contribution < 1.29 is 9.84 Å². The number of rotatable bonds is 8. The van der Waals surface area contributed by atoms with Gasteiger partial charge in [-0.05, 0) is 124 Å². The van der Waals surface area contributed by atoms with Crippen molar-refractivity contribution in [2.24, 2.45) is 52.3 Å². The molecule has 0 heterocycles. The maximum atomic E-state index is 10.2. The van der Waals surface area contributed by atoms with E-state index in [1.54, 1.807) is 5.57 Å². The van der Waals surface area contributed by atoms with Gasteiger partial charge >= 0.3 is 0 Å². The molecule has 0 unspecified atom stereocenters. The molecule has 3 fully saturated rings. The predicted molar refractivity (Wildman–Crippen MR) is 150 cm³/mol. The van der Waals surface area contributed by atoms with Gasteiger partial charge in [0.25, 0.3) is 0 Å². The quantitative estimate of drug-likeness (QED) is 0.345. The van der Waals surface area contributed by atoms with E-state index in [1.165, 1.54) is 57.8 Å². The van der Waals surface area contributed by atoms with Crippen molar-refractivity contribution in [3.8, 4) is 0 Å². The smallest absolute Gasteiger partial charge is 0.0577 e. The number of allylic oxidation sites excluding steroid dienone is 1. The van der Waals surface area contributed by atoms with Crippen LogP contribution in [0.3, 0.4) is 0 Å². The molecular weight excluding hydrogens is 428 g/mol. The Kier molecular flexibility index (Phi) is 10.4. The third-order valence-electron chi connectivity index (χ3n) is 11.7. The molecule has 0 aromatic heterocycles. The summed E-state index contributed by atoms with van der Waals surface area (Å²) in [7, 11) is 0. The second-order valence-electron chi connectivity index (χ2n) is 13.6. The highest BCUT2D eigenvalue weighted by molar-refractivity contribution is 5.25. The molecule has 0 spiro atoms. The molecule has 35 heavy (non-hydrogen) atoms. The Hall–Kier alpha value is -0.340. The fourth-order valence-corrected chi connectivity index (χ4v) is 9.51. The first-order valence-corrected chi connectivity index (χ1v) is 15.6. The van der Waals surface area contributed by atoms with Crippen LogP contribution in [-0.2, 0) is 4.74 Å². The van der Waals surface area contributed by atoms with Crippen molar-refractivity contribution in [3.05, 3.63) is 11.6 Å². The topological polar surface area (TPSA) is 29.5 Å². The first-order chi connectivity index (χ1) is 16.6. The van der Waals surface area contributed by atoms with Gasteiger partial charge in [-0.3, -0.25) is 0 Å². The standard InChI is InChI=1S/C29H50O.C4H10O/c1-7-21(19(2)3)9-8-20(4)25-12-13-26-24-11-10-22-18-23(30)14-16-28(22,5)27(24)15-17-29(25,26)6;1-3-5-4-2/h10,19-21,23-27,30H,7-9,11-18H2,1-6H3;3-4H2,1-2H3/t20-,21-,23+,24+,25-,26+,27+,28+,29-;/m1./s1. The highest BCUT2D eigenvalue weighted by Crippen LogP contribution is 2.67.